The molecule has 0 unspecified atom stereocenters. The van der Waals surface area contributed by atoms with E-state index in [9.17, 15) is 9.59 Å². The van der Waals surface area contributed by atoms with Crippen LogP contribution in [0.4, 0.5) is 0 Å². The molecule has 3 N–H and O–H groups in total. The fourth-order valence-corrected chi connectivity index (χ4v) is 1.70. The van der Waals surface area contributed by atoms with E-state index in [1.54, 1.807) is 0 Å². The minimum atomic E-state index is 0.0648. The molecule has 0 heterocycles. The van der Waals surface area contributed by atoms with Crippen molar-refractivity contribution in [2.45, 2.75) is 26.7 Å². The molecule has 0 fully saturated rings. The molecule has 6 heteroatoms. The topological polar surface area (TPSA) is 73.5 Å². The largest absolute Gasteiger partial charge is 0.356 e. The number of carbonyl (C=O) groups is 2. The standard InChI is InChI=1S/C13H28N4O2/c1-4-15-12(18)6-9-17(11-8-14-3)10-7-13(19)16-5-2/h14H,4-11H2,1-3H3,(H,15,18)(H,16,19). The molecule has 0 aromatic rings. The molecule has 0 aliphatic rings. The lowest BCUT2D eigenvalue weighted by Gasteiger charge is -2.21. The van der Waals surface area contributed by atoms with E-state index >= 15 is 0 Å². The minimum Gasteiger partial charge on any atom is -0.356 e. The van der Waals surface area contributed by atoms with Gasteiger partial charge >= 0.3 is 0 Å². The van der Waals surface area contributed by atoms with E-state index in [1.165, 1.54) is 0 Å². The second kappa shape index (κ2) is 11.9. The summed E-state index contributed by atoms with van der Waals surface area (Å²) < 4.78 is 0. The summed E-state index contributed by atoms with van der Waals surface area (Å²) in [4.78, 5) is 25.0. The summed E-state index contributed by atoms with van der Waals surface area (Å²) in [7, 11) is 1.89. The Labute approximate surface area is 116 Å². The Kier molecular flexibility index (Phi) is 11.2. The number of nitrogens with one attached hydrogen (secondary N) is 3. The first-order valence-electron chi connectivity index (χ1n) is 7.04. The SMILES string of the molecule is CCNC(=O)CCN(CCNC)CCC(=O)NCC. The lowest BCUT2D eigenvalue weighted by molar-refractivity contribution is -0.121. The van der Waals surface area contributed by atoms with Crippen molar-refractivity contribution in [1.82, 2.24) is 20.9 Å². The first kappa shape index (κ1) is 17.9. The third kappa shape index (κ3) is 10.5. The number of rotatable bonds is 11. The molecular weight excluding hydrogens is 244 g/mol. The molecule has 0 rings (SSSR count). The van der Waals surface area contributed by atoms with Crippen LogP contribution in [-0.4, -0.2) is 63.0 Å². The van der Waals surface area contributed by atoms with Crippen molar-refractivity contribution in [3.63, 3.8) is 0 Å². The summed E-state index contributed by atoms with van der Waals surface area (Å²) in [6.45, 7) is 8.21. The molecule has 6 nitrogen and oxygen atoms in total. The summed E-state index contributed by atoms with van der Waals surface area (Å²) in [6.07, 6.45) is 0.958. The zero-order valence-electron chi connectivity index (χ0n) is 12.4. The molecule has 19 heavy (non-hydrogen) atoms. The van der Waals surface area contributed by atoms with Crippen molar-refractivity contribution in [2.24, 2.45) is 0 Å². The van der Waals surface area contributed by atoms with Crippen LogP contribution in [-0.2, 0) is 9.59 Å². The molecule has 0 aliphatic heterocycles. The highest BCUT2D eigenvalue weighted by molar-refractivity contribution is 5.76. The van der Waals surface area contributed by atoms with Gasteiger partial charge in [-0.25, -0.2) is 0 Å². The van der Waals surface area contributed by atoms with Gasteiger partial charge in [0.2, 0.25) is 11.8 Å². The summed E-state index contributed by atoms with van der Waals surface area (Å²) in [5.74, 6) is 0.130. The normalized spacial score (nSPS) is 10.5. The van der Waals surface area contributed by atoms with Gasteiger partial charge in [0.25, 0.3) is 0 Å². The van der Waals surface area contributed by atoms with Gasteiger partial charge in [-0.3, -0.25) is 9.59 Å². The smallest absolute Gasteiger partial charge is 0.221 e. The number of likely N-dealkylation sites (N-methyl/N-ethyl adjacent to an activating group) is 1. The Morgan fingerprint density at radius 3 is 1.74 bits per heavy atom. The van der Waals surface area contributed by atoms with E-state index in [4.69, 9.17) is 0 Å². The van der Waals surface area contributed by atoms with Crippen molar-refractivity contribution in [3.05, 3.63) is 0 Å². The van der Waals surface area contributed by atoms with Crippen molar-refractivity contribution in [2.75, 3.05) is 46.3 Å². The van der Waals surface area contributed by atoms with E-state index in [1.807, 2.05) is 20.9 Å². The van der Waals surface area contributed by atoms with Crippen molar-refractivity contribution in [1.29, 1.82) is 0 Å². The number of hydrogen-bond donors (Lipinski definition) is 3. The highest BCUT2D eigenvalue weighted by Gasteiger charge is 2.09. The molecule has 0 aromatic heterocycles. The van der Waals surface area contributed by atoms with Crippen LogP contribution in [0.25, 0.3) is 0 Å². The predicted octanol–water partition coefficient (Wildman–Crippen LogP) is -0.440. The maximum atomic E-state index is 11.4. The van der Waals surface area contributed by atoms with Crippen molar-refractivity contribution < 1.29 is 9.59 Å². The monoisotopic (exact) mass is 272 g/mol. The summed E-state index contributed by atoms with van der Waals surface area (Å²) in [5.41, 5.74) is 0. The Morgan fingerprint density at radius 2 is 1.37 bits per heavy atom. The highest BCUT2D eigenvalue weighted by atomic mass is 16.2. The third-order valence-electron chi connectivity index (χ3n) is 2.74. The van der Waals surface area contributed by atoms with Gasteiger partial charge in [0.05, 0.1) is 0 Å². The summed E-state index contributed by atoms with van der Waals surface area (Å²) in [5, 5.41) is 8.64. The fraction of sp³-hybridized carbons (Fsp3) is 0.846. The van der Waals surface area contributed by atoms with Crippen LogP contribution >= 0.6 is 0 Å². The van der Waals surface area contributed by atoms with E-state index in [2.05, 4.69) is 20.9 Å². The van der Waals surface area contributed by atoms with Crippen LogP contribution in [0.3, 0.4) is 0 Å². The van der Waals surface area contributed by atoms with Gasteiger partial charge in [0.1, 0.15) is 0 Å². The van der Waals surface area contributed by atoms with Gasteiger partial charge in [-0.2, -0.15) is 0 Å². The van der Waals surface area contributed by atoms with Crippen LogP contribution in [0.15, 0.2) is 0 Å². The van der Waals surface area contributed by atoms with Crippen molar-refractivity contribution >= 4 is 11.8 Å². The molecule has 0 atom stereocenters. The minimum absolute atomic E-state index is 0.0648. The van der Waals surface area contributed by atoms with Crippen LogP contribution in [0.5, 0.6) is 0 Å². The van der Waals surface area contributed by atoms with Gasteiger partial charge in [-0.15, -0.1) is 0 Å². The molecular formula is C13H28N4O2. The number of nitrogens with zero attached hydrogens (tertiary/aromatic N) is 1. The molecule has 112 valence electrons. The third-order valence-corrected chi connectivity index (χ3v) is 2.74. The maximum Gasteiger partial charge on any atom is 0.221 e. The van der Waals surface area contributed by atoms with E-state index in [0.717, 1.165) is 13.1 Å². The number of carbonyl (C=O) groups excluding carboxylic acids is 2. The molecule has 0 saturated heterocycles. The Bertz CT molecular complexity index is 237. The molecule has 0 saturated carbocycles. The van der Waals surface area contributed by atoms with Crippen LogP contribution in [0, 0.1) is 0 Å². The Hall–Kier alpha value is -1.14. The average Bonchev–Trinajstić information content (AvgIpc) is 2.38. The van der Waals surface area contributed by atoms with Gasteiger partial charge in [-0.1, -0.05) is 0 Å². The second-order valence-corrected chi connectivity index (χ2v) is 4.35. The van der Waals surface area contributed by atoms with E-state index < -0.39 is 0 Å². The molecule has 0 radical (unpaired) electrons. The predicted molar refractivity (Wildman–Crippen MR) is 77.0 cm³/mol. The molecule has 2 amide bonds. The summed E-state index contributed by atoms with van der Waals surface area (Å²) >= 11 is 0. The lowest BCUT2D eigenvalue weighted by Crippen LogP contribution is -2.37. The van der Waals surface area contributed by atoms with Gasteiger partial charge < -0.3 is 20.9 Å². The van der Waals surface area contributed by atoms with E-state index in [0.29, 0.717) is 39.0 Å². The maximum absolute atomic E-state index is 11.4. The number of hydrogen-bond acceptors (Lipinski definition) is 4. The second-order valence-electron chi connectivity index (χ2n) is 4.35. The molecule has 0 aliphatic carbocycles. The van der Waals surface area contributed by atoms with E-state index in [-0.39, 0.29) is 11.8 Å². The van der Waals surface area contributed by atoms with Crippen LogP contribution in [0.2, 0.25) is 0 Å². The lowest BCUT2D eigenvalue weighted by atomic mass is 10.3. The zero-order valence-corrected chi connectivity index (χ0v) is 12.4. The average molecular weight is 272 g/mol. The highest BCUT2D eigenvalue weighted by Crippen LogP contribution is 1.95. The Balaban J connectivity index is 4.00. The first-order valence-corrected chi connectivity index (χ1v) is 7.04. The quantitative estimate of drug-likeness (QED) is 0.477. The first-order chi connectivity index (χ1) is 9.13. The van der Waals surface area contributed by atoms with Crippen LogP contribution < -0.4 is 16.0 Å². The Morgan fingerprint density at radius 1 is 0.895 bits per heavy atom. The van der Waals surface area contributed by atoms with Gasteiger partial charge in [0.15, 0.2) is 0 Å². The fourth-order valence-electron chi connectivity index (χ4n) is 1.70. The van der Waals surface area contributed by atoms with Gasteiger partial charge in [-0.05, 0) is 20.9 Å². The summed E-state index contributed by atoms with van der Waals surface area (Å²) in [6, 6.07) is 0. The van der Waals surface area contributed by atoms with Crippen molar-refractivity contribution in [3.8, 4) is 0 Å². The zero-order chi connectivity index (χ0) is 14.5. The molecule has 0 spiro atoms. The molecule has 0 aromatic carbocycles. The number of amides is 2. The van der Waals surface area contributed by atoms with Gasteiger partial charge in [0, 0.05) is 52.1 Å². The van der Waals surface area contributed by atoms with Crippen LogP contribution in [0.1, 0.15) is 26.7 Å². The molecule has 0 bridgehead atoms.